The molecule has 0 radical (unpaired) electrons. The van der Waals surface area contributed by atoms with E-state index in [1.807, 2.05) is 31.2 Å². The number of hydrogen-bond donors (Lipinski definition) is 1. The van der Waals surface area contributed by atoms with Crippen LogP contribution in [-0.4, -0.2) is 25.9 Å². The summed E-state index contributed by atoms with van der Waals surface area (Å²) >= 11 is 1.29. The fourth-order valence-electron chi connectivity index (χ4n) is 2.81. The Labute approximate surface area is 185 Å². The molecule has 31 heavy (non-hydrogen) atoms. The first-order valence-electron chi connectivity index (χ1n) is 9.98. The van der Waals surface area contributed by atoms with Crippen molar-refractivity contribution in [2.24, 2.45) is 0 Å². The summed E-state index contributed by atoms with van der Waals surface area (Å²) < 4.78 is 21.2. The number of halogens is 1. The quantitative estimate of drug-likeness (QED) is 0.360. The molecule has 3 rings (SSSR count). The first kappa shape index (κ1) is 22.6. The summed E-state index contributed by atoms with van der Waals surface area (Å²) in [5.74, 6) is 0.0933. The first-order chi connectivity index (χ1) is 15.0. The van der Waals surface area contributed by atoms with Crippen LogP contribution in [0.25, 0.3) is 0 Å². The van der Waals surface area contributed by atoms with E-state index in [0.29, 0.717) is 17.5 Å². The van der Waals surface area contributed by atoms with Crippen molar-refractivity contribution in [3.63, 3.8) is 0 Å². The lowest BCUT2D eigenvalue weighted by molar-refractivity contribution is -0.115. The van der Waals surface area contributed by atoms with Gasteiger partial charge in [-0.25, -0.2) is 4.39 Å². The highest BCUT2D eigenvalue weighted by Crippen LogP contribution is 2.25. The van der Waals surface area contributed by atoms with Crippen LogP contribution in [-0.2, 0) is 24.4 Å². The van der Waals surface area contributed by atoms with Crippen molar-refractivity contribution < 1.29 is 13.9 Å². The van der Waals surface area contributed by atoms with Gasteiger partial charge in [0.2, 0.25) is 5.91 Å². The molecule has 0 spiro atoms. The van der Waals surface area contributed by atoms with Gasteiger partial charge in [0, 0.05) is 12.2 Å². The highest BCUT2D eigenvalue weighted by Gasteiger charge is 2.20. The Hall–Kier alpha value is -3.13. The van der Waals surface area contributed by atoms with Crippen molar-refractivity contribution >= 4 is 23.4 Å². The van der Waals surface area contributed by atoms with Gasteiger partial charge in [0.25, 0.3) is 0 Å². The molecule has 0 saturated heterocycles. The van der Waals surface area contributed by atoms with E-state index in [2.05, 4.69) is 29.0 Å². The van der Waals surface area contributed by atoms with Crippen LogP contribution in [0.5, 0.6) is 5.75 Å². The number of aromatic nitrogens is 3. The third-order valence-electron chi connectivity index (χ3n) is 4.58. The maximum Gasteiger partial charge on any atom is 0.237 e. The Morgan fingerprint density at radius 1 is 1.26 bits per heavy atom. The molecule has 0 aliphatic rings. The summed E-state index contributed by atoms with van der Waals surface area (Å²) in [6, 6.07) is 14.0. The summed E-state index contributed by atoms with van der Waals surface area (Å²) in [6.45, 7) is 8.15. The summed E-state index contributed by atoms with van der Waals surface area (Å²) in [7, 11) is 0. The van der Waals surface area contributed by atoms with Gasteiger partial charge in [-0.2, -0.15) is 0 Å². The summed E-state index contributed by atoms with van der Waals surface area (Å²) in [4.78, 5) is 12.6. The number of allylic oxidation sites excluding steroid dienone is 1. The number of aryl methyl sites for hydroxylation is 1. The molecule has 0 fully saturated rings. The van der Waals surface area contributed by atoms with Gasteiger partial charge in [0.05, 0.1) is 5.25 Å². The van der Waals surface area contributed by atoms with Crippen molar-refractivity contribution in [1.82, 2.24) is 14.8 Å². The molecule has 8 heteroatoms. The van der Waals surface area contributed by atoms with E-state index in [1.165, 1.54) is 23.4 Å². The normalized spacial score (nSPS) is 11.7. The highest BCUT2D eigenvalue weighted by atomic mass is 32.2. The van der Waals surface area contributed by atoms with Crippen molar-refractivity contribution in [3.05, 3.63) is 78.4 Å². The molecule has 2 aromatic carbocycles. The Balaban J connectivity index is 1.66. The van der Waals surface area contributed by atoms with E-state index in [9.17, 15) is 9.18 Å². The average molecular weight is 441 g/mol. The van der Waals surface area contributed by atoms with Crippen molar-refractivity contribution in [2.75, 3.05) is 5.32 Å². The number of carbonyl (C=O) groups excluding carboxylic acids is 1. The van der Waals surface area contributed by atoms with Crippen LogP contribution < -0.4 is 10.1 Å². The second kappa shape index (κ2) is 10.8. The number of ether oxygens (including phenoxy) is 1. The molecule has 1 unspecified atom stereocenters. The molecular formula is C23H25FN4O2S. The van der Waals surface area contributed by atoms with E-state index < -0.39 is 11.1 Å². The smallest absolute Gasteiger partial charge is 0.237 e. The van der Waals surface area contributed by atoms with E-state index in [-0.39, 0.29) is 18.3 Å². The Bertz CT molecular complexity index is 1040. The molecule has 6 nitrogen and oxygen atoms in total. The Morgan fingerprint density at radius 2 is 2.00 bits per heavy atom. The molecule has 0 saturated carbocycles. The minimum atomic E-state index is -0.441. The third kappa shape index (κ3) is 5.95. The molecule has 1 amide bonds. The molecular weight excluding hydrogens is 415 g/mol. The van der Waals surface area contributed by atoms with E-state index >= 15 is 0 Å². The van der Waals surface area contributed by atoms with Crippen molar-refractivity contribution in [2.45, 2.75) is 43.8 Å². The number of nitrogens with one attached hydrogen (secondary N) is 1. The zero-order valence-electron chi connectivity index (χ0n) is 17.5. The summed E-state index contributed by atoms with van der Waals surface area (Å²) in [5, 5.41) is 11.4. The van der Waals surface area contributed by atoms with Crippen molar-refractivity contribution in [1.29, 1.82) is 0 Å². The number of amides is 1. The van der Waals surface area contributed by atoms with Gasteiger partial charge >= 0.3 is 0 Å². The lowest BCUT2D eigenvalue weighted by atomic mass is 10.1. The van der Waals surface area contributed by atoms with Gasteiger partial charge in [-0.15, -0.1) is 16.8 Å². The van der Waals surface area contributed by atoms with Gasteiger partial charge in [-0.1, -0.05) is 49.0 Å². The standard InChI is InChI=1S/C23H25FN4O2S/c1-4-14-28-21(15-30-20-9-7-6-8-19(20)24)26-27-23(28)31-16(3)22(29)25-18-12-10-17(5-2)11-13-18/h4,6-13,16H,1,5,14-15H2,2-3H3,(H,25,29). The lowest BCUT2D eigenvalue weighted by Crippen LogP contribution is -2.23. The summed E-state index contributed by atoms with van der Waals surface area (Å²) in [5.41, 5.74) is 1.96. The topological polar surface area (TPSA) is 69.0 Å². The van der Waals surface area contributed by atoms with Crippen LogP contribution in [0.3, 0.4) is 0 Å². The number of anilines is 1. The molecule has 0 bridgehead atoms. The van der Waals surface area contributed by atoms with Crippen LogP contribution in [0.2, 0.25) is 0 Å². The molecule has 1 atom stereocenters. The number of nitrogens with zero attached hydrogens (tertiary/aromatic N) is 3. The second-order valence-corrected chi connectivity index (χ2v) is 8.12. The SMILES string of the molecule is C=CCn1c(COc2ccccc2F)nnc1SC(C)C(=O)Nc1ccc(CC)cc1. The second-order valence-electron chi connectivity index (χ2n) is 6.82. The van der Waals surface area contributed by atoms with Crippen LogP contribution in [0.15, 0.2) is 66.3 Å². The molecule has 162 valence electrons. The molecule has 1 N–H and O–H groups in total. The number of carbonyl (C=O) groups is 1. The molecule has 1 heterocycles. The predicted molar refractivity (Wildman–Crippen MR) is 121 cm³/mol. The van der Waals surface area contributed by atoms with Gasteiger partial charge in [0.1, 0.15) is 6.61 Å². The number of hydrogen-bond acceptors (Lipinski definition) is 5. The van der Waals surface area contributed by atoms with Crippen LogP contribution in [0.4, 0.5) is 10.1 Å². The van der Waals surface area contributed by atoms with Gasteiger partial charge in [0.15, 0.2) is 22.5 Å². The summed E-state index contributed by atoms with van der Waals surface area (Å²) in [6.07, 6.45) is 2.66. The largest absolute Gasteiger partial charge is 0.483 e. The lowest BCUT2D eigenvalue weighted by Gasteiger charge is -2.13. The van der Waals surface area contributed by atoms with Crippen LogP contribution >= 0.6 is 11.8 Å². The first-order valence-corrected chi connectivity index (χ1v) is 10.9. The third-order valence-corrected chi connectivity index (χ3v) is 5.66. The fraction of sp³-hybridized carbons (Fsp3) is 0.261. The Kier molecular flexibility index (Phi) is 7.83. The molecule has 3 aromatic rings. The van der Waals surface area contributed by atoms with E-state index in [0.717, 1.165) is 12.1 Å². The fourth-order valence-corrected chi connectivity index (χ4v) is 3.69. The van der Waals surface area contributed by atoms with E-state index in [1.54, 1.807) is 28.8 Å². The van der Waals surface area contributed by atoms with Crippen LogP contribution in [0, 0.1) is 5.82 Å². The zero-order valence-corrected chi connectivity index (χ0v) is 18.4. The van der Waals surface area contributed by atoms with Gasteiger partial charge < -0.3 is 10.1 Å². The van der Waals surface area contributed by atoms with Crippen molar-refractivity contribution in [3.8, 4) is 5.75 Å². The zero-order chi connectivity index (χ0) is 22.2. The number of para-hydroxylation sites is 1. The Morgan fingerprint density at radius 3 is 2.68 bits per heavy atom. The minimum Gasteiger partial charge on any atom is -0.483 e. The number of benzene rings is 2. The highest BCUT2D eigenvalue weighted by molar-refractivity contribution is 8.00. The maximum absolute atomic E-state index is 13.8. The van der Waals surface area contributed by atoms with Crippen LogP contribution in [0.1, 0.15) is 25.2 Å². The average Bonchev–Trinajstić information content (AvgIpc) is 3.15. The van der Waals surface area contributed by atoms with Gasteiger partial charge in [-0.05, 0) is 43.2 Å². The minimum absolute atomic E-state index is 0.0483. The van der Waals surface area contributed by atoms with Gasteiger partial charge in [-0.3, -0.25) is 9.36 Å². The predicted octanol–water partition coefficient (Wildman–Crippen LogP) is 4.86. The van der Waals surface area contributed by atoms with E-state index in [4.69, 9.17) is 4.74 Å². The molecule has 0 aliphatic carbocycles. The molecule has 1 aromatic heterocycles. The molecule has 0 aliphatic heterocycles. The number of rotatable bonds is 10. The maximum atomic E-state index is 13.8. The number of thioether (sulfide) groups is 1. The monoisotopic (exact) mass is 440 g/mol.